The fraction of sp³-hybridized carbons (Fsp3) is 0.417. The van der Waals surface area contributed by atoms with Gasteiger partial charge < -0.3 is 15.2 Å². The molecule has 7 nitrogen and oxygen atoms in total. The fourth-order valence-corrected chi connectivity index (χ4v) is 2.64. The van der Waals surface area contributed by atoms with Gasteiger partial charge in [0, 0.05) is 6.54 Å². The van der Waals surface area contributed by atoms with Crippen molar-refractivity contribution in [2.75, 3.05) is 20.3 Å². The predicted molar refractivity (Wildman–Crippen MR) is 72.9 cm³/mol. The van der Waals surface area contributed by atoms with E-state index in [-0.39, 0.29) is 18.0 Å². The molecule has 0 heterocycles. The Morgan fingerprint density at radius 2 is 1.95 bits per heavy atom. The van der Waals surface area contributed by atoms with Gasteiger partial charge in [0.1, 0.15) is 5.75 Å². The summed E-state index contributed by atoms with van der Waals surface area (Å²) in [7, 11) is -2.30. The van der Waals surface area contributed by atoms with E-state index in [4.69, 9.17) is 9.84 Å². The highest BCUT2D eigenvalue weighted by atomic mass is 32.2. The number of carbonyl (C=O) groups excluding carboxylic acids is 1. The van der Waals surface area contributed by atoms with Crippen LogP contribution in [0.2, 0.25) is 0 Å². The number of hydrogen-bond donors (Lipinski definition) is 3. The number of nitrogens with one attached hydrogen (secondary N) is 2. The highest BCUT2D eigenvalue weighted by Gasteiger charge is 2.21. The van der Waals surface area contributed by atoms with E-state index >= 15 is 0 Å². The Morgan fingerprint density at radius 3 is 2.45 bits per heavy atom. The highest BCUT2D eigenvalue weighted by Crippen LogP contribution is 2.15. The van der Waals surface area contributed by atoms with Crippen molar-refractivity contribution in [3.05, 3.63) is 24.3 Å². The number of hydrogen-bond acceptors (Lipinski definition) is 5. The normalized spacial score (nSPS) is 12.8. The van der Waals surface area contributed by atoms with Crippen LogP contribution in [-0.2, 0) is 14.8 Å². The van der Waals surface area contributed by atoms with Crippen molar-refractivity contribution >= 4 is 15.9 Å². The maximum atomic E-state index is 12.0. The van der Waals surface area contributed by atoms with Crippen LogP contribution in [0.1, 0.15) is 6.92 Å². The van der Waals surface area contributed by atoms with Gasteiger partial charge >= 0.3 is 0 Å². The van der Waals surface area contributed by atoms with E-state index in [0.29, 0.717) is 5.75 Å². The fourth-order valence-electron chi connectivity index (χ4n) is 1.44. The molecule has 3 N–H and O–H groups in total. The molecule has 1 aromatic carbocycles. The third-order valence-electron chi connectivity index (χ3n) is 2.51. The zero-order valence-electron chi connectivity index (χ0n) is 11.3. The molecule has 8 heteroatoms. The summed E-state index contributed by atoms with van der Waals surface area (Å²) in [6, 6.07) is 4.88. The number of methoxy groups -OCH3 is 1. The third kappa shape index (κ3) is 4.48. The summed E-state index contributed by atoms with van der Waals surface area (Å²) in [6.07, 6.45) is 0. The lowest BCUT2D eigenvalue weighted by Gasteiger charge is -2.14. The van der Waals surface area contributed by atoms with Gasteiger partial charge in [-0.1, -0.05) is 0 Å². The lowest BCUT2D eigenvalue weighted by molar-refractivity contribution is -0.122. The molecule has 0 aromatic heterocycles. The summed E-state index contributed by atoms with van der Waals surface area (Å²) in [6.45, 7) is 1.30. The molecule has 1 atom stereocenters. The van der Waals surface area contributed by atoms with Crippen LogP contribution in [0, 0.1) is 0 Å². The molecule has 1 aromatic rings. The molecule has 20 heavy (non-hydrogen) atoms. The molecule has 0 saturated heterocycles. The highest BCUT2D eigenvalue weighted by molar-refractivity contribution is 7.89. The van der Waals surface area contributed by atoms with E-state index in [1.807, 2.05) is 0 Å². The molecule has 0 aliphatic rings. The number of aliphatic hydroxyl groups is 1. The molecular weight excluding hydrogens is 284 g/mol. The Hall–Kier alpha value is -1.64. The van der Waals surface area contributed by atoms with Gasteiger partial charge in [0.2, 0.25) is 15.9 Å². The summed E-state index contributed by atoms with van der Waals surface area (Å²) >= 11 is 0. The monoisotopic (exact) mass is 302 g/mol. The average Bonchev–Trinajstić information content (AvgIpc) is 2.44. The molecule has 1 rings (SSSR count). The van der Waals surface area contributed by atoms with Gasteiger partial charge in [0.05, 0.1) is 24.7 Å². The molecule has 0 spiro atoms. The lowest BCUT2D eigenvalue weighted by Crippen LogP contribution is -2.45. The summed E-state index contributed by atoms with van der Waals surface area (Å²) in [5.41, 5.74) is 0. The molecule has 112 valence electrons. The minimum atomic E-state index is -3.78. The summed E-state index contributed by atoms with van der Waals surface area (Å²) in [5, 5.41) is 11.0. The van der Waals surface area contributed by atoms with Gasteiger partial charge in [-0.25, -0.2) is 8.42 Å². The second-order valence-corrected chi connectivity index (χ2v) is 5.75. The Morgan fingerprint density at radius 1 is 1.35 bits per heavy atom. The number of amides is 1. The quantitative estimate of drug-likeness (QED) is 0.628. The van der Waals surface area contributed by atoms with E-state index < -0.39 is 22.0 Å². The Kier molecular flexibility index (Phi) is 5.93. The van der Waals surface area contributed by atoms with Gasteiger partial charge in [-0.15, -0.1) is 0 Å². The summed E-state index contributed by atoms with van der Waals surface area (Å²) in [5.74, 6) is 0.0359. The SMILES string of the molecule is COc1ccc(S(=O)(=O)N[C@H](C)C(=O)NCCO)cc1. The van der Waals surface area contributed by atoms with E-state index in [1.54, 1.807) is 0 Å². The minimum Gasteiger partial charge on any atom is -0.497 e. The molecule has 0 fully saturated rings. The van der Waals surface area contributed by atoms with E-state index in [2.05, 4.69) is 10.0 Å². The van der Waals surface area contributed by atoms with Gasteiger partial charge in [-0.05, 0) is 31.2 Å². The van der Waals surface area contributed by atoms with Crippen molar-refractivity contribution in [2.24, 2.45) is 0 Å². The van der Waals surface area contributed by atoms with Crippen LogP contribution in [-0.4, -0.2) is 45.7 Å². The first-order valence-electron chi connectivity index (χ1n) is 5.95. The predicted octanol–water partition coefficient (Wildman–Crippen LogP) is -0.529. The Bertz CT molecular complexity index is 541. The first-order chi connectivity index (χ1) is 9.40. The summed E-state index contributed by atoms with van der Waals surface area (Å²) in [4.78, 5) is 11.6. The molecular formula is C12H18N2O5S. The molecule has 0 aliphatic heterocycles. The molecule has 0 unspecified atom stereocenters. The third-order valence-corrected chi connectivity index (χ3v) is 4.06. The van der Waals surface area contributed by atoms with Crippen LogP contribution in [0.4, 0.5) is 0 Å². The Balaban J connectivity index is 2.75. The molecule has 0 radical (unpaired) electrons. The van der Waals surface area contributed by atoms with Gasteiger partial charge in [-0.2, -0.15) is 4.72 Å². The second kappa shape index (κ2) is 7.22. The van der Waals surface area contributed by atoms with Crippen molar-refractivity contribution < 1.29 is 23.1 Å². The lowest BCUT2D eigenvalue weighted by atomic mass is 10.3. The zero-order valence-corrected chi connectivity index (χ0v) is 12.1. The second-order valence-electron chi connectivity index (χ2n) is 4.03. The standard InChI is InChI=1S/C12H18N2O5S/c1-9(12(16)13-7-8-15)14-20(17,18)11-5-3-10(19-2)4-6-11/h3-6,9,14-15H,7-8H2,1-2H3,(H,13,16)/t9-/m1/s1. The number of aliphatic hydroxyl groups excluding tert-OH is 1. The number of rotatable bonds is 7. The average molecular weight is 302 g/mol. The maximum Gasteiger partial charge on any atom is 0.241 e. The Labute approximate surface area is 118 Å². The molecule has 0 bridgehead atoms. The van der Waals surface area contributed by atoms with E-state index in [9.17, 15) is 13.2 Å². The van der Waals surface area contributed by atoms with Crippen LogP contribution in [0.25, 0.3) is 0 Å². The van der Waals surface area contributed by atoms with E-state index in [0.717, 1.165) is 0 Å². The molecule has 1 amide bonds. The van der Waals surface area contributed by atoms with Gasteiger partial charge in [-0.3, -0.25) is 4.79 Å². The van der Waals surface area contributed by atoms with Gasteiger partial charge in [0.15, 0.2) is 0 Å². The summed E-state index contributed by atoms with van der Waals surface area (Å²) < 4.78 is 31.3. The van der Waals surface area contributed by atoms with Gasteiger partial charge in [0.25, 0.3) is 0 Å². The number of sulfonamides is 1. The van der Waals surface area contributed by atoms with Crippen LogP contribution in [0.15, 0.2) is 29.2 Å². The smallest absolute Gasteiger partial charge is 0.241 e. The first-order valence-corrected chi connectivity index (χ1v) is 7.44. The maximum absolute atomic E-state index is 12.0. The number of benzene rings is 1. The van der Waals surface area contributed by atoms with Crippen molar-refractivity contribution in [2.45, 2.75) is 17.9 Å². The first kappa shape index (κ1) is 16.4. The van der Waals surface area contributed by atoms with Crippen LogP contribution in [0.3, 0.4) is 0 Å². The number of carbonyl (C=O) groups is 1. The topological polar surface area (TPSA) is 105 Å². The van der Waals surface area contributed by atoms with Crippen molar-refractivity contribution in [1.82, 2.24) is 10.0 Å². The van der Waals surface area contributed by atoms with Crippen molar-refractivity contribution in [3.63, 3.8) is 0 Å². The zero-order chi connectivity index (χ0) is 15.2. The molecule has 0 aliphatic carbocycles. The number of ether oxygens (including phenoxy) is 1. The van der Waals surface area contributed by atoms with Crippen LogP contribution < -0.4 is 14.8 Å². The van der Waals surface area contributed by atoms with Crippen LogP contribution >= 0.6 is 0 Å². The molecule has 0 saturated carbocycles. The van der Waals surface area contributed by atoms with Crippen molar-refractivity contribution in [3.8, 4) is 5.75 Å². The van der Waals surface area contributed by atoms with E-state index in [1.165, 1.54) is 38.3 Å². The van der Waals surface area contributed by atoms with Crippen LogP contribution in [0.5, 0.6) is 5.75 Å². The largest absolute Gasteiger partial charge is 0.497 e. The minimum absolute atomic E-state index is 0.0418. The van der Waals surface area contributed by atoms with Crippen molar-refractivity contribution in [1.29, 1.82) is 0 Å².